The predicted molar refractivity (Wildman–Crippen MR) is 118 cm³/mol. The van der Waals surface area contributed by atoms with E-state index in [2.05, 4.69) is 14.9 Å². The van der Waals surface area contributed by atoms with Crippen LogP contribution in [0.3, 0.4) is 0 Å². The number of piperazine rings is 1. The highest BCUT2D eigenvalue weighted by atomic mass is 35.5. The lowest BCUT2D eigenvalue weighted by molar-refractivity contribution is -0.135. The van der Waals surface area contributed by atoms with E-state index >= 15 is 0 Å². The van der Waals surface area contributed by atoms with E-state index in [0.717, 1.165) is 61.3 Å². The Morgan fingerprint density at radius 2 is 1.70 bits per heavy atom. The Kier molecular flexibility index (Phi) is 4.83. The molecule has 1 aliphatic heterocycles. The number of rotatable bonds is 4. The van der Waals surface area contributed by atoms with Gasteiger partial charge in [0, 0.05) is 36.6 Å². The fraction of sp³-hybridized carbons (Fsp3) is 0.348. The summed E-state index contributed by atoms with van der Waals surface area (Å²) in [5.41, 5.74) is 7.72. The van der Waals surface area contributed by atoms with E-state index in [1.807, 2.05) is 53.4 Å². The highest BCUT2D eigenvalue weighted by molar-refractivity contribution is 6.30. The molecule has 3 aromatic rings. The van der Waals surface area contributed by atoms with Crippen LogP contribution in [0, 0.1) is 0 Å². The van der Waals surface area contributed by atoms with Crippen LogP contribution in [-0.2, 0) is 16.8 Å². The normalized spacial score (nSPS) is 18.5. The number of anilines is 1. The summed E-state index contributed by atoms with van der Waals surface area (Å²) in [7, 11) is 0. The molecule has 154 valence electrons. The molecule has 2 fully saturated rings. The number of hydrogen-bond acceptors (Lipinski definition) is 5. The summed E-state index contributed by atoms with van der Waals surface area (Å²) in [6.45, 7) is 3.69. The van der Waals surface area contributed by atoms with Crippen molar-refractivity contribution >= 4 is 34.2 Å². The third-order valence-corrected chi connectivity index (χ3v) is 6.51. The van der Waals surface area contributed by atoms with E-state index in [1.54, 1.807) is 0 Å². The number of nitrogens with zero attached hydrogens (tertiary/aromatic N) is 4. The molecule has 1 saturated carbocycles. The molecular formula is C23H24ClN5O. The second-order valence-corrected chi connectivity index (χ2v) is 8.64. The molecule has 1 aliphatic carbocycles. The van der Waals surface area contributed by atoms with Crippen LogP contribution < -0.4 is 5.73 Å². The first-order chi connectivity index (χ1) is 14.5. The van der Waals surface area contributed by atoms with Gasteiger partial charge in [-0.2, -0.15) is 0 Å². The summed E-state index contributed by atoms with van der Waals surface area (Å²) in [5, 5.41) is 1.58. The van der Waals surface area contributed by atoms with Crippen molar-refractivity contribution in [2.45, 2.75) is 24.8 Å². The zero-order chi connectivity index (χ0) is 20.7. The standard InChI is InChI=1S/C23H24ClN5O/c24-17-7-5-16(6-8-17)23(9-10-23)22(30)29-13-11-28(12-14-29)15-20-26-19-4-2-1-3-18(19)21(25)27-20/h1-8H,9-15H2,(H2,25,26,27). The number of carbonyl (C=O) groups is 1. The monoisotopic (exact) mass is 421 g/mol. The van der Waals surface area contributed by atoms with Crippen LogP contribution in [0.25, 0.3) is 10.9 Å². The van der Waals surface area contributed by atoms with Crippen LogP contribution in [0.4, 0.5) is 5.82 Å². The van der Waals surface area contributed by atoms with Gasteiger partial charge in [-0.15, -0.1) is 0 Å². The van der Waals surface area contributed by atoms with E-state index in [-0.39, 0.29) is 11.3 Å². The van der Waals surface area contributed by atoms with Crippen LogP contribution in [0.15, 0.2) is 48.5 Å². The molecule has 30 heavy (non-hydrogen) atoms. The molecule has 6 nitrogen and oxygen atoms in total. The minimum atomic E-state index is -0.345. The van der Waals surface area contributed by atoms with E-state index < -0.39 is 0 Å². The number of carbonyl (C=O) groups excluding carboxylic acids is 1. The maximum Gasteiger partial charge on any atom is 0.233 e. The summed E-state index contributed by atoms with van der Waals surface area (Å²) < 4.78 is 0. The van der Waals surface area contributed by atoms with Crippen LogP contribution in [0.2, 0.25) is 5.02 Å². The minimum absolute atomic E-state index is 0.246. The van der Waals surface area contributed by atoms with Crippen molar-refractivity contribution in [1.29, 1.82) is 0 Å². The van der Waals surface area contributed by atoms with Gasteiger partial charge >= 0.3 is 0 Å². The number of hydrogen-bond donors (Lipinski definition) is 1. The lowest BCUT2D eigenvalue weighted by atomic mass is 9.94. The fourth-order valence-corrected chi connectivity index (χ4v) is 4.48. The summed E-state index contributed by atoms with van der Waals surface area (Å²) in [4.78, 5) is 26.7. The molecule has 0 spiro atoms. The molecule has 2 aliphatic rings. The molecule has 0 atom stereocenters. The van der Waals surface area contributed by atoms with Crippen LogP contribution in [0.5, 0.6) is 0 Å². The van der Waals surface area contributed by atoms with Gasteiger partial charge in [-0.1, -0.05) is 35.9 Å². The van der Waals surface area contributed by atoms with Gasteiger partial charge in [-0.05, 0) is 42.7 Å². The molecular weight excluding hydrogens is 398 g/mol. The van der Waals surface area contributed by atoms with E-state index in [4.69, 9.17) is 17.3 Å². The first kappa shape index (κ1) is 19.3. The third-order valence-electron chi connectivity index (χ3n) is 6.26. The lowest BCUT2D eigenvalue weighted by Gasteiger charge is -2.36. The smallest absolute Gasteiger partial charge is 0.233 e. The third kappa shape index (κ3) is 3.50. The van der Waals surface area contributed by atoms with Gasteiger partial charge in [0.2, 0.25) is 5.91 Å². The van der Waals surface area contributed by atoms with Crippen LogP contribution in [-0.4, -0.2) is 51.9 Å². The van der Waals surface area contributed by atoms with E-state index in [9.17, 15) is 4.79 Å². The summed E-state index contributed by atoms with van der Waals surface area (Å²) in [6.07, 6.45) is 1.83. The zero-order valence-corrected chi connectivity index (χ0v) is 17.5. The zero-order valence-electron chi connectivity index (χ0n) is 16.7. The van der Waals surface area contributed by atoms with Crippen molar-refractivity contribution < 1.29 is 4.79 Å². The molecule has 1 saturated heterocycles. The molecule has 2 heterocycles. The van der Waals surface area contributed by atoms with Gasteiger partial charge in [0.05, 0.1) is 17.5 Å². The van der Waals surface area contributed by atoms with Crippen molar-refractivity contribution in [2.75, 3.05) is 31.9 Å². The number of nitrogen functional groups attached to an aromatic ring is 1. The maximum absolute atomic E-state index is 13.3. The number of aromatic nitrogens is 2. The van der Waals surface area contributed by atoms with E-state index in [0.29, 0.717) is 17.4 Å². The molecule has 2 N–H and O–H groups in total. The Morgan fingerprint density at radius 1 is 1.00 bits per heavy atom. The van der Waals surface area contributed by atoms with Gasteiger partial charge in [0.1, 0.15) is 11.6 Å². The SMILES string of the molecule is Nc1nc(CN2CCN(C(=O)C3(c4ccc(Cl)cc4)CC3)CC2)nc2ccccc12. The number of halogens is 1. The van der Waals surface area contributed by atoms with Crippen molar-refractivity contribution in [3.05, 3.63) is 64.9 Å². The van der Waals surface area contributed by atoms with Gasteiger partial charge in [0.15, 0.2) is 0 Å². The summed E-state index contributed by atoms with van der Waals surface area (Å²) >= 11 is 6.02. The van der Waals surface area contributed by atoms with Crippen LogP contribution >= 0.6 is 11.6 Å². The Hall–Kier alpha value is -2.70. The van der Waals surface area contributed by atoms with Crippen molar-refractivity contribution in [2.24, 2.45) is 0 Å². The Balaban J connectivity index is 1.23. The molecule has 1 amide bonds. The average molecular weight is 422 g/mol. The van der Waals surface area contributed by atoms with E-state index in [1.165, 1.54) is 0 Å². The second kappa shape index (κ2) is 7.52. The van der Waals surface area contributed by atoms with Crippen LogP contribution in [0.1, 0.15) is 24.2 Å². The molecule has 1 aromatic heterocycles. The number of nitrogens with two attached hydrogens (primary N) is 1. The highest BCUT2D eigenvalue weighted by Crippen LogP contribution is 2.49. The van der Waals surface area contributed by atoms with Gasteiger partial charge in [-0.25, -0.2) is 9.97 Å². The predicted octanol–water partition coefficient (Wildman–Crippen LogP) is 3.24. The average Bonchev–Trinajstić information content (AvgIpc) is 3.56. The lowest BCUT2D eigenvalue weighted by Crippen LogP contribution is -2.51. The molecule has 0 bridgehead atoms. The van der Waals surface area contributed by atoms with Crippen molar-refractivity contribution in [3.63, 3.8) is 0 Å². The number of benzene rings is 2. The molecule has 0 unspecified atom stereocenters. The quantitative estimate of drug-likeness (QED) is 0.699. The van der Waals surface area contributed by atoms with Gasteiger partial charge < -0.3 is 10.6 Å². The van der Waals surface area contributed by atoms with Crippen molar-refractivity contribution in [1.82, 2.24) is 19.8 Å². The molecule has 0 radical (unpaired) electrons. The second-order valence-electron chi connectivity index (χ2n) is 8.20. The van der Waals surface area contributed by atoms with Crippen molar-refractivity contribution in [3.8, 4) is 0 Å². The molecule has 7 heteroatoms. The first-order valence-corrected chi connectivity index (χ1v) is 10.7. The summed E-state index contributed by atoms with van der Waals surface area (Å²) in [5.74, 6) is 1.49. The van der Waals surface area contributed by atoms with Gasteiger partial charge in [0.25, 0.3) is 0 Å². The number of amides is 1. The molecule has 2 aromatic carbocycles. The highest BCUT2D eigenvalue weighted by Gasteiger charge is 2.53. The van der Waals surface area contributed by atoms with Gasteiger partial charge in [-0.3, -0.25) is 9.69 Å². The Labute approximate surface area is 180 Å². The fourth-order valence-electron chi connectivity index (χ4n) is 4.35. The molecule has 5 rings (SSSR count). The topological polar surface area (TPSA) is 75.3 Å². The Morgan fingerprint density at radius 3 is 2.40 bits per heavy atom. The summed E-state index contributed by atoms with van der Waals surface area (Å²) in [6, 6.07) is 15.5. The maximum atomic E-state index is 13.3. The minimum Gasteiger partial charge on any atom is -0.383 e. The number of para-hydroxylation sites is 1. The first-order valence-electron chi connectivity index (χ1n) is 10.3. The largest absolute Gasteiger partial charge is 0.383 e. The number of fused-ring (bicyclic) bond motifs is 1. The Bertz CT molecular complexity index is 1090.